The quantitative estimate of drug-likeness (QED) is 0.828. The normalized spacial score (nSPS) is 11.2. The largest absolute Gasteiger partial charge is 0.345 e. The highest BCUT2D eigenvalue weighted by Crippen LogP contribution is 2.29. The fraction of sp³-hybridized carbons (Fsp3) is 0.133. The van der Waals surface area contributed by atoms with Crippen molar-refractivity contribution in [3.05, 3.63) is 57.0 Å². The smallest absolute Gasteiger partial charge is 0.261 e. The first-order chi connectivity index (χ1) is 11.1. The Labute approximate surface area is 155 Å². The monoisotopic (exact) mass is 406 g/mol. The molecule has 0 unspecified atom stereocenters. The minimum Gasteiger partial charge on any atom is -0.345 e. The summed E-state index contributed by atoms with van der Waals surface area (Å²) in [5.74, 6) is -0.240. The molecule has 0 atom stereocenters. The maximum Gasteiger partial charge on any atom is 0.261 e. The summed E-state index contributed by atoms with van der Waals surface area (Å²) in [6, 6.07) is 8.27. The summed E-state index contributed by atoms with van der Waals surface area (Å²) in [6.45, 7) is 0. The number of halogens is 3. The van der Waals surface area contributed by atoms with Crippen LogP contribution in [-0.4, -0.2) is 33.3 Å². The zero-order valence-corrected chi connectivity index (χ0v) is 15.8. The van der Waals surface area contributed by atoms with E-state index in [2.05, 4.69) is 4.72 Å². The minimum atomic E-state index is -3.90. The molecule has 0 fully saturated rings. The van der Waals surface area contributed by atoms with Crippen LogP contribution in [0.1, 0.15) is 10.4 Å². The molecular formula is C15H13Cl3N2O3S. The Balaban J connectivity index is 2.33. The summed E-state index contributed by atoms with van der Waals surface area (Å²) < 4.78 is 27.2. The molecule has 1 amide bonds. The maximum atomic E-state index is 12.4. The number of benzene rings is 2. The van der Waals surface area contributed by atoms with Crippen LogP contribution >= 0.6 is 34.8 Å². The third kappa shape index (κ3) is 4.13. The molecule has 5 nitrogen and oxygen atoms in total. The average Bonchev–Trinajstić information content (AvgIpc) is 2.50. The van der Waals surface area contributed by atoms with Gasteiger partial charge in [-0.15, -0.1) is 0 Å². The number of carbonyl (C=O) groups excluding carboxylic acids is 1. The van der Waals surface area contributed by atoms with Crippen molar-refractivity contribution in [1.29, 1.82) is 0 Å². The van der Waals surface area contributed by atoms with E-state index < -0.39 is 10.0 Å². The van der Waals surface area contributed by atoms with E-state index in [1.165, 1.54) is 41.3 Å². The van der Waals surface area contributed by atoms with Gasteiger partial charge in [0, 0.05) is 19.7 Å². The van der Waals surface area contributed by atoms with Gasteiger partial charge in [0.2, 0.25) is 0 Å². The number of hydrogen-bond donors (Lipinski definition) is 1. The zero-order chi connectivity index (χ0) is 18.1. The predicted octanol–water partition coefficient (Wildman–Crippen LogP) is 4.15. The van der Waals surface area contributed by atoms with Crippen molar-refractivity contribution in [3.63, 3.8) is 0 Å². The standard InChI is InChI=1S/C15H13Cl3N2O3S/c1-20(2)15(21)9-3-6-14(13(18)7-9)19-24(22,23)10-4-5-11(16)12(17)8-10/h3-8,19H,1-2H3. The molecule has 0 saturated heterocycles. The zero-order valence-electron chi connectivity index (χ0n) is 12.7. The van der Waals surface area contributed by atoms with Crippen LogP contribution in [0.5, 0.6) is 0 Å². The Morgan fingerprint density at radius 3 is 2.17 bits per heavy atom. The van der Waals surface area contributed by atoms with Crippen LogP contribution < -0.4 is 4.72 Å². The molecule has 0 bridgehead atoms. The average molecular weight is 408 g/mol. The Morgan fingerprint density at radius 1 is 0.958 bits per heavy atom. The summed E-state index contributed by atoms with van der Waals surface area (Å²) >= 11 is 17.7. The number of nitrogens with one attached hydrogen (secondary N) is 1. The number of nitrogens with zero attached hydrogens (tertiary/aromatic N) is 1. The van der Waals surface area contributed by atoms with E-state index in [1.807, 2.05) is 0 Å². The molecule has 2 aromatic carbocycles. The van der Waals surface area contributed by atoms with Gasteiger partial charge in [0.25, 0.3) is 15.9 Å². The molecule has 1 N–H and O–H groups in total. The molecule has 0 heterocycles. The van der Waals surface area contributed by atoms with Gasteiger partial charge in [0.15, 0.2) is 0 Å². The summed E-state index contributed by atoms with van der Waals surface area (Å²) in [6.07, 6.45) is 0. The van der Waals surface area contributed by atoms with Gasteiger partial charge in [-0.1, -0.05) is 34.8 Å². The molecule has 0 aliphatic carbocycles. The highest BCUT2D eigenvalue weighted by atomic mass is 35.5. The van der Waals surface area contributed by atoms with E-state index in [0.29, 0.717) is 5.56 Å². The number of hydrogen-bond acceptors (Lipinski definition) is 3. The van der Waals surface area contributed by atoms with Crippen LogP contribution in [-0.2, 0) is 10.0 Å². The molecule has 0 saturated carbocycles. The molecule has 0 aromatic heterocycles. The lowest BCUT2D eigenvalue weighted by Crippen LogP contribution is -2.21. The Bertz CT molecular complexity index is 899. The Kier molecular flexibility index (Phi) is 5.65. The van der Waals surface area contributed by atoms with E-state index >= 15 is 0 Å². The van der Waals surface area contributed by atoms with E-state index in [-0.39, 0.29) is 31.6 Å². The second kappa shape index (κ2) is 7.19. The van der Waals surface area contributed by atoms with Crippen molar-refractivity contribution in [2.45, 2.75) is 4.90 Å². The van der Waals surface area contributed by atoms with Gasteiger partial charge in [-0.2, -0.15) is 0 Å². The van der Waals surface area contributed by atoms with Crippen molar-refractivity contribution in [3.8, 4) is 0 Å². The van der Waals surface area contributed by atoms with Gasteiger partial charge in [0.1, 0.15) is 0 Å². The summed E-state index contributed by atoms with van der Waals surface area (Å²) in [5.41, 5.74) is 0.500. The number of amides is 1. The molecular weight excluding hydrogens is 395 g/mol. The van der Waals surface area contributed by atoms with Crippen molar-refractivity contribution in [2.24, 2.45) is 0 Å². The summed E-state index contributed by atoms with van der Waals surface area (Å²) in [5, 5.41) is 0.476. The molecule has 0 radical (unpaired) electrons. The molecule has 0 aliphatic heterocycles. The van der Waals surface area contributed by atoms with Gasteiger partial charge in [-0.25, -0.2) is 8.42 Å². The third-order valence-corrected chi connectivity index (χ3v) is 5.48. The molecule has 2 rings (SSSR count). The van der Waals surface area contributed by atoms with Crippen molar-refractivity contribution >= 4 is 56.4 Å². The molecule has 128 valence electrons. The van der Waals surface area contributed by atoms with Crippen molar-refractivity contribution in [2.75, 3.05) is 18.8 Å². The molecule has 24 heavy (non-hydrogen) atoms. The van der Waals surface area contributed by atoms with E-state index in [0.717, 1.165) is 0 Å². The van der Waals surface area contributed by atoms with Gasteiger partial charge in [-0.05, 0) is 36.4 Å². The van der Waals surface area contributed by atoms with Crippen LogP contribution in [0.2, 0.25) is 15.1 Å². The highest BCUT2D eigenvalue weighted by molar-refractivity contribution is 7.92. The van der Waals surface area contributed by atoms with Crippen LogP contribution in [0.4, 0.5) is 5.69 Å². The first-order valence-electron chi connectivity index (χ1n) is 6.61. The van der Waals surface area contributed by atoms with E-state index in [1.54, 1.807) is 14.1 Å². The lowest BCUT2D eigenvalue weighted by Gasteiger charge is -2.13. The number of sulfonamides is 1. The van der Waals surface area contributed by atoms with E-state index in [9.17, 15) is 13.2 Å². The first kappa shape index (κ1) is 18.9. The first-order valence-corrected chi connectivity index (χ1v) is 9.22. The Hall–Kier alpha value is -1.47. The highest BCUT2D eigenvalue weighted by Gasteiger charge is 2.18. The van der Waals surface area contributed by atoms with Gasteiger partial charge < -0.3 is 4.90 Å². The molecule has 2 aromatic rings. The lowest BCUT2D eigenvalue weighted by molar-refractivity contribution is 0.0827. The van der Waals surface area contributed by atoms with Crippen molar-refractivity contribution < 1.29 is 13.2 Å². The van der Waals surface area contributed by atoms with Crippen LogP contribution in [0.25, 0.3) is 0 Å². The van der Waals surface area contributed by atoms with E-state index in [4.69, 9.17) is 34.8 Å². The number of anilines is 1. The fourth-order valence-electron chi connectivity index (χ4n) is 1.84. The predicted molar refractivity (Wildman–Crippen MR) is 96.7 cm³/mol. The third-order valence-electron chi connectivity index (χ3n) is 3.07. The molecule has 0 aliphatic rings. The number of carbonyl (C=O) groups is 1. The Morgan fingerprint density at radius 2 is 1.62 bits per heavy atom. The van der Waals surface area contributed by atoms with Crippen molar-refractivity contribution in [1.82, 2.24) is 4.90 Å². The topological polar surface area (TPSA) is 66.5 Å². The molecule has 0 spiro atoms. The second-order valence-electron chi connectivity index (χ2n) is 5.08. The second-order valence-corrected chi connectivity index (χ2v) is 7.98. The molecule has 9 heteroatoms. The SMILES string of the molecule is CN(C)C(=O)c1ccc(NS(=O)(=O)c2ccc(Cl)c(Cl)c2)c(Cl)c1. The van der Waals surface area contributed by atoms with Crippen LogP contribution in [0.3, 0.4) is 0 Å². The fourth-order valence-corrected chi connectivity index (χ4v) is 3.59. The maximum absolute atomic E-state index is 12.4. The van der Waals surface area contributed by atoms with Crippen LogP contribution in [0, 0.1) is 0 Å². The van der Waals surface area contributed by atoms with Gasteiger partial charge in [0.05, 0.1) is 25.7 Å². The van der Waals surface area contributed by atoms with Gasteiger partial charge in [-0.3, -0.25) is 9.52 Å². The van der Waals surface area contributed by atoms with Crippen LogP contribution in [0.15, 0.2) is 41.3 Å². The summed E-state index contributed by atoms with van der Waals surface area (Å²) in [4.78, 5) is 13.2. The summed E-state index contributed by atoms with van der Waals surface area (Å²) in [7, 11) is -0.681. The minimum absolute atomic E-state index is 0.0542. The lowest BCUT2D eigenvalue weighted by atomic mass is 10.2. The number of rotatable bonds is 4. The van der Waals surface area contributed by atoms with Gasteiger partial charge >= 0.3 is 0 Å².